The van der Waals surface area contributed by atoms with E-state index in [0.29, 0.717) is 16.8 Å². The average molecular weight is 452 g/mol. The van der Waals surface area contributed by atoms with Crippen LogP contribution < -0.4 is 4.90 Å². The van der Waals surface area contributed by atoms with Crippen LogP contribution >= 0.6 is 0 Å². The third kappa shape index (κ3) is 3.51. The van der Waals surface area contributed by atoms with Crippen molar-refractivity contribution in [1.82, 2.24) is 9.80 Å². The first kappa shape index (κ1) is 21.3. The molecule has 4 aliphatic carbocycles. The zero-order valence-electron chi connectivity index (χ0n) is 19.4. The van der Waals surface area contributed by atoms with Gasteiger partial charge in [-0.3, -0.25) is 19.4 Å². The number of methoxy groups -OCH3 is 1. The Balaban J connectivity index is 1.11. The zero-order chi connectivity index (χ0) is 22.7. The number of nitrogens with zero attached hydrogens (tertiary/aromatic N) is 3. The summed E-state index contributed by atoms with van der Waals surface area (Å²) in [4.78, 5) is 44.0. The molecule has 0 radical (unpaired) electrons. The summed E-state index contributed by atoms with van der Waals surface area (Å²) in [6.07, 6.45) is 8.70. The third-order valence-electron chi connectivity index (χ3n) is 9.10. The number of ether oxygens (including phenoxy) is 1. The SMILES string of the molecule is COC(=O)c1ccc(N2C(=O)C[C@@H](N3CCN(C45CC6CC(CC(C6)C4)C5)CC3)C2=O)cc1. The summed E-state index contributed by atoms with van der Waals surface area (Å²) in [5.41, 5.74) is 1.33. The molecule has 2 amide bonds. The van der Waals surface area contributed by atoms with Crippen LogP contribution in [0.2, 0.25) is 0 Å². The number of piperazine rings is 1. The fourth-order valence-electron chi connectivity index (χ4n) is 8.00. The van der Waals surface area contributed by atoms with E-state index in [1.807, 2.05) is 0 Å². The van der Waals surface area contributed by atoms with Gasteiger partial charge in [0.25, 0.3) is 5.91 Å². The molecule has 0 spiro atoms. The fraction of sp³-hybridized carbons (Fsp3) is 0.654. The largest absolute Gasteiger partial charge is 0.465 e. The molecule has 6 fully saturated rings. The van der Waals surface area contributed by atoms with Crippen molar-refractivity contribution in [2.24, 2.45) is 17.8 Å². The van der Waals surface area contributed by atoms with Gasteiger partial charge in [-0.15, -0.1) is 0 Å². The number of anilines is 1. The first-order valence-corrected chi connectivity index (χ1v) is 12.5. The Morgan fingerprint density at radius 1 is 0.909 bits per heavy atom. The van der Waals surface area contributed by atoms with Gasteiger partial charge in [0.1, 0.15) is 0 Å². The highest BCUT2D eigenvalue weighted by Crippen LogP contribution is 2.57. The molecule has 0 N–H and O–H groups in total. The lowest BCUT2D eigenvalue weighted by Crippen LogP contribution is -2.64. The number of amides is 2. The Labute approximate surface area is 195 Å². The lowest BCUT2D eigenvalue weighted by Gasteiger charge is -2.61. The predicted molar refractivity (Wildman–Crippen MR) is 123 cm³/mol. The van der Waals surface area contributed by atoms with Gasteiger partial charge in [-0.05, 0) is 80.5 Å². The minimum atomic E-state index is -0.435. The monoisotopic (exact) mass is 451 g/mol. The highest BCUT2D eigenvalue weighted by Gasteiger charge is 2.54. The number of benzene rings is 1. The van der Waals surface area contributed by atoms with Crippen LogP contribution in [0.25, 0.3) is 0 Å². The Hall–Kier alpha value is -2.25. The number of carbonyl (C=O) groups excluding carboxylic acids is 3. The van der Waals surface area contributed by atoms with Crippen LogP contribution in [-0.4, -0.2) is 72.5 Å². The molecule has 2 saturated heterocycles. The van der Waals surface area contributed by atoms with Crippen LogP contribution in [0, 0.1) is 17.8 Å². The van der Waals surface area contributed by atoms with Crippen LogP contribution in [-0.2, 0) is 14.3 Å². The highest BCUT2D eigenvalue weighted by atomic mass is 16.5. The number of carbonyl (C=O) groups is 3. The number of hydrogen-bond donors (Lipinski definition) is 0. The van der Waals surface area contributed by atoms with Gasteiger partial charge in [-0.1, -0.05) is 0 Å². The van der Waals surface area contributed by atoms with E-state index >= 15 is 0 Å². The van der Waals surface area contributed by atoms with Crippen LogP contribution in [0.15, 0.2) is 24.3 Å². The highest BCUT2D eigenvalue weighted by molar-refractivity contribution is 6.22. The van der Waals surface area contributed by atoms with Crippen LogP contribution in [0.1, 0.15) is 55.3 Å². The lowest BCUT2D eigenvalue weighted by atomic mass is 9.52. The van der Waals surface area contributed by atoms with Crippen molar-refractivity contribution in [2.75, 3.05) is 38.2 Å². The minimum absolute atomic E-state index is 0.144. The Kier molecular flexibility index (Phi) is 5.11. The second-order valence-corrected chi connectivity index (χ2v) is 11.0. The van der Waals surface area contributed by atoms with E-state index in [9.17, 15) is 14.4 Å². The first-order chi connectivity index (χ1) is 16.0. The van der Waals surface area contributed by atoms with Crippen molar-refractivity contribution in [3.63, 3.8) is 0 Å². The third-order valence-corrected chi connectivity index (χ3v) is 9.10. The number of rotatable bonds is 4. The second kappa shape index (κ2) is 7.91. The molecule has 0 unspecified atom stereocenters. The predicted octanol–water partition coefficient (Wildman–Crippen LogP) is 2.69. The molecular weight excluding hydrogens is 418 g/mol. The quantitative estimate of drug-likeness (QED) is 0.518. The molecule has 2 aliphatic heterocycles. The smallest absolute Gasteiger partial charge is 0.337 e. The fourth-order valence-corrected chi connectivity index (χ4v) is 8.00. The Morgan fingerprint density at radius 2 is 1.48 bits per heavy atom. The van der Waals surface area contributed by atoms with E-state index in [2.05, 4.69) is 9.80 Å². The zero-order valence-corrected chi connectivity index (χ0v) is 19.4. The first-order valence-electron chi connectivity index (χ1n) is 12.5. The summed E-state index contributed by atoms with van der Waals surface area (Å²) in [6, 6.07) is 6.11. The molecular formula is C26H33N3O4. The van der Waals surface area contributed by atoms with Crippen LogP contribution in [0.5, 0.6) is 0 Å². The number of imide groups is 1. The van der Waals surface area contributed by atoms with E-state index in [4.69, 9.17) is 4.74 Å². The summed E-state index contributed by atoms with van der Waals surface area (Å²) in [7, 11) is 1.33. The van der Waals surface area contributed by atoms with Crippen molar-refractivity contribution >= 4 is 23.5 Å². The molecule has 4 saturated carbocycles. The second-order valence-electron chi connectivity index (χ2n) is 11.0. The molecule has 1 aromatic rings. The lowest BCUT2D eigenvalue weighted by molar-refractivity contribution is -0.125. The van der Waals surface area contributed by atoms with Gasteiger partial charge in [0.15, 0.2) is 0 Å². The van der Waals surface area contributed by atoms with Crippen molar-refractivity contribution in [1.29, 1.82) is 0 Å². The molecule has 2 heterocycles. The maximum atomic E-state index is 13.3. The Morgan fingerprint density at radius 3 is 2.03 bits per heavy atom. The molecule has 4 bridgehead atoms. The molecule has 6 aliphatic rings. The van der Waals surface area contributed by atoms with Gasteiger partial charge < -0.3 is 4.74 Å². The summed E-state index contributed by atoms with van der Waals surface area (Å²) in [5.74, 6) is 2.05. The summed E-state index contributed by atoms with van der Waals surface area (Å²) < 4.78 is 4.73. The van der Waals surface area contributed by atoms with E-state index in [1.165, 1.54) is 50.5 Å². The molecule has 0 aromatic heterocycles. The van der Waals surface area contributed by atoms with Gasteiger partial charge in [0.05, 0.1) is 30.8 Å². The number of esters is 1. The molecule has 7 heteroatoms. The van der Waals surface area contributed by atoms with Crippen molar-refractivity contribution in [3.8, 4) is 0 Å². The van der Waals surface area contributed by atoms with Crippen molar-refractivity contribution < 1.29 is 19.1 Å². The van der Waals surface area contributed by atoms with E-state index < -0.39 is 5.97 Å². The van der Waals surface area contributed by atoms with E-state index in [0.717, 1.165) is 43.9 Å². The maximum absolute atomic E-state index is 13.3. The average Bonchev–Trinajstić information content (AvgIpc) is 3.11. The minimum Gasteiger partial charge on any atom is -0.465 e. The van der Waals surface area contributed by atoms with Gasteiger partial charge in [-0.2, -0.15) is 0 Å². The molecule has 176 valence electrons. The summed E-state index contributed by atoms with van der Waals surface area (Å²) >= 11 is 0. The van der Waals surface area contributed by atoms with Gasteiger partial charge in [-0.25, -0.2) is 9.69 Å². The maximum Gasteiger partial charge on any atom is 0.337 e. The normalized spacial score (nSPS) is 36.6. The van der Waals surface area contributed by atoms with E-state index in [1.54, 1.807) is 24.3 Å². The standard InChI is InChI=1S/C26H33N3O4/c1-33-25(32)20-2-4-21(5-3-20)29-23(30)13-22(24(29)31)27-6-8-28(9-7-27)26-14-17-10-18(15-26)12-19(11-17)16-26/h2-5,17-19,22H,6-16H2,1H3/t17?,18?,19?,22-,26?/m1/s1. The van der Waals surface area contributed by atoms with Gasteiger partial charge in [0, 0.05) is 31.7 Å². The summed E-state index contributed by atoms with van der Waals surface area (Å²) in [6.45, 7) is 3.69. The van der Waals surface area contributed by atoms with Gasteiger partial charge in [0.2, 0.25) is 5.91 Å². The molecule has 7 nitrogen and oxygen atoms in total. The molecule has 33 heavy (non-hydrogen) atoms. The molecule has 1 atom stereocenters. The van der Waals surface area contributed by atoms with Gasteiger partial charge >= 0.3 is 5.97 Å². The molecule has 7 rings (SSSR count). The molecule has 1 aromatic carbocycles. The number of hydrogen-bond acceptors (Lipinski definition) is 6. The summed E-state index contributed by atoms with van der Waals surface area (Å²) in [5, 5.41) is 0. The van der Waals surface area contributed by atoms with Crippen LogP contribution in [0.4, 0.5) is 5.69 Å². The van der Waals surface area contributed by atoms with E-state index in [-0.39, 0.29) is 24.3 Å². The topological polar surface area (TPSA) is 70.2 Å². The van der Waals surface area contributed by atoms with Crippen LogP contribution in [0.3, 0.4) is 0 Å². The van der Waals surface area contributed by atoms with Crippen molar-refractivity contribution in [3.05, 3.63) is 29.8 Å². The Bertz CT molecular complexity index is 931. The van der Waals surface area contributed by atoms with Crippen molar-refractivity contribution in [2.45, 2.75) is 56.5 Å².